The molecule has 16 heavy (non-hydrogen) atoms. The van der Waals surface area contributed by atoms with E-state index in [1.54, 1.807) is 7.11 Å². The van der Waals surface area contributed by atoms with Crippen molar-refractivity contribution in [2.45, 2.75) is 17.9 Å². The van der Waals surface area contributed by atoms with E-state index in [9.17, 15) is 0 Å². The molecule has 1 aliphatic rings. The van der Waals surface area contributed by atoms with Crippen molar-refractivity contribution in [3.8, 4) is 5.88 Å². The first-order valence-corrected chi connectivity index (χ1v) is 6.46. The third kappa shape index (κ3) is 2.38. The molecular formula is C10H16N4OS. The zero-order valence-electron chi connectivity index (χ0n) is 9.32. The molecule has 0 fully saturated rings. The monoisotopic (exact) mass is 240 g/mol. The van der Waals surface area contributed by atoms with Gasteiger partial charge in [-0.05, 0) is 13.0 Å². The van der Waals surface area contributed by atoms with Gasteiger partial charge in [-0.15, -0.1) is 0 Å². The molecule has 0 aliphatic carbocycles. The van der Waals surface area contributed by atoms with Crippen LogP contribution in [-0.2, 0) is 11.5 Å². The van der Waals surface area contributed by atoms with Crippen LogP contribution < -0.4 is 15.8 Å². The first kappa shape index (κ1) is 11.5. The van der Waals surface area contributed by atoms with Crippen LogP contribution in [0, 0.1) is 0 Å². The molecule has 0 radical (unpaired) electrons. The van der Waals surface area contributed by atoms with Crippen molar-refractivity contribution >= 4 is 17.7 Å². The molecule has 1 aromatic heterocycles. The van der Waals surface area contributed by atoms with Gasteiger partial charge in [0.25, 0.3) is 0 Å². The zero-order valence-corrected chi connectivity index (χ0v) is 10.1. The normalized spacial score (nSPS) is 13.6. The maximum absolute atomic E-state index is 5.43. The van der Waals surface area contributed by atoms with Crippen LogP contribution in [0.15, 0.2) is 0 Å². The summed E-state index contributed by atoms with van der Waals surface area (Å²) < 4.78 is 5.27. The lowest BCUT2D eigenvalue weighted by atomic mass is 10.2. The van der Waals surface area contributed by atoms with E-state index in [0.29, 0.717) is 18.4 Å². The Balaban J connectivity index is 2.14. The van der Waals surface area contributed by atoms with Gasteiger partial charge in [0.15, 0.2) is 0 Å². The summed E-state index contributed by atoms with van der Waals surface area (Å²) in [7, 11) is 1.65. The van der Waals surface area contributed by atoms with Gasteiger partial charge in [0.1, 0.15) is 0 Å². The van der Waals surface area contributed by atoms with E-state index in [-0.39, 0.29) is 0 Å². The Morgan fingerprint density at radius 2 is 2.31 bits per heavy atom. The van der Waals surface area contributed by atoms with Gasteiger partial charge in [0.05, 0.1) is 12.8 Å². The molecule has 3 N–H and O–H groups in total. The second-order valence-electron chi connectivity index (χ2n) is 3.54. The van der Waals surface area contributed by atoms with E-state index >= 15 is 0 Å². The van der Waals surface area contributed by atoms with Gasteiger partial charge in [-0.1, -0.05) is 0 Å². The fourth-order valence-corrected chi connectivity index (χ4v) is 2.60. The molecule has 0 unspecified atom stereocenters. The molecule has 1 aliphatic heterocycles. The number of fused-ring (bicyclic) bond motifs is 1. The molecule has 0 bridgehead atoms. The Hall–Kier alpha value is -1.01. The van der Waals surface area contributed by atoms with E-state index in [0.717, 1.165) is 35.7 Å². The number of ether oxygens (including phenoxy) is 1. The average Bonchev–Trinajstić information content (AvgIpc) is 2.76. The summed E-state index contributed by atoms with van der Waals surface area (Å²) in [5, 5.41) is 3.16. The highest BCUT2D eigenvalue weighted by Crippen LogP contribution is 2.34. The van der Waals surface area contributed by atoms with Crippen molar-refractivity contribution < 1.29 is 4.74 Å². The summed E-state index contributed by atoms with van der Waals surface area (Å²) in [5.41, 5.74) is 7.66. The van der Waals surface area contributed by atoms with Gasteiger partial charge in [-0.3, -0.25) is 0 Å². The number of methoxy groups -OCH3 is 1. The lowest BCUT2D eigenvalue weighted by Crippen LogP contribution is -2.12. The van der Waals surface area contributed by atoms with Crippen LogP contribution in [0.4, 0.5) is 5.95 Å². The van der Waals surface area contributed by atoms with E-state index in [1.807, 2.05) is 11.8 Å². The Labute approximate surface area is 99.2 Å². The Morgan fingerprint density at radius 1 is 1.44 bits per heavy atom. The molecule has 0 atom stereocenters. The third-order valence-electron chi connectivity index (χ3n) is 2.40. The highest BCUT2D eigenvalue weighted by molar-refractivity contribution is 7.98. The van der Waals surface area contributed by atoms with Crippen LogP contribution in [0.2, 0.25) is 0 Å². The molecule has 5 nitrogen and oxygen atoms in total. The van der Waals surface area contributed by atoms with Crippen LogP contribution in [0.5, 0.6) is 5.88 Å². The molecule has 2 heterocycles. The molecular weight excluding hydrogens is 224 g/mol. The van der Waals surface area contributed by atoms with Crippen molar-refractivity contribution in [2.75, 3.05) is 25.5 Å². The number of hydrogen-bond donors (Lipinski definition) is 2. The lowest BCUT2D eigenvalue weighted by molar-refractivity contribution is 0.393. The maximum Gasteiger partial charge on any atom is 0.226 e. The summed E-state index contributed by atoms with van der Waals surface area (Å²) in [5.74, 6) is 3.23. The van der Waals surface area contributed by atoms with E-state index < -0.39 is 0 Å². The van der Waals surface area contributed by atoms with Gasteiger partial charge >= 0.3 is 0 Å². The Kier molecular flexibility index (Phi) is 3.84. The number of rotatable bonds is 5. The quantitative estimate of drug-likeness (QED) is 0.748. The molecule has 0 spiro atoms. The standard InChI is InChI=1S/C10H16N4OS/c1-15-9-7-5-16-6-8(7)13-10(14-9)12-4-2-3-11/h2-6,11H2,1H3,(H,12,13,14). The molecule has 1 aromatic rings. The van der Waals surface area contributed by atoms with Crippen molar-refractivity contribution in [3.63, 3.8) is 0 Å². The summed E-state index contributed by atoms with van der Waals surface area (Å²) in [6.07, 6.45) is 0.914. The molecule has 0 amide bonds. The fourth-order valence-electron chi connectivity index (χ4n) is 1.57. The minimum Gasteiger partial charge on any atom is -0.481 e. The SMILES string of the molecule is COc1nc(NCCCN)nc2c1CSC2. The number of nitrogens with two attached hydrogens (primary N) is 1. The lowest BCUT2D eigenvalue weighted by Gasteiger charge is -2.09. The molecule has 0 saturated carbocycles. The smallest absolute Gasteiger partial charge is 0.226 e. The predicted molar refractivity (Wildman–Crippen MR) is 65.7 cm³/mol. The van der Waals surface area contributed by atoms with Gasteiger partial charge < -0.3 is 15.8 Å². The average molecular weight is 240 g/mol. The van der Waals surface area contributed by atoms with Crippen LogP contribution in [-0.4, -0.2) is 30.2 Å². The first-order chi connectivity index (χ1) is 7.85. The topological polar surface area (TPSA) is 73.1 Å². The second-order valence-corrected chi connectivity index (χ2v) is 4.53. The van der Waals surface area contributed by atoms with Crippen molar-refractivity contribution in [1.82, 2.24) is 9.97 Å². The van der Waals surface area contributed by atoms with Crippen molar-refractivity contribution in [1.29, 1.82) is 0 Å². The molecule has 2 rings (SSSR count). The largest absolute Gasteiger partial charge is 0.481 e. The summed E-state index contributed by atoms with van der Waals surface area (Å²) in [6, 6.07) is 0. The minimum absolute atomic E-state index is 0.645. The Morgan fingerprint density at radius 3 is 3.06 bits per heavy atom. The predicted octanol–water partition coefficient (Wildman–Crippen LogP) is 0.993. The fraction of sp³-hybridized carbons (Fsp3) is 0.600. The van der Waals surface area contributed by atoms with E-state index in [4.69, 9.17) is 10.5 Å². The second kappa shape index (κ2) is 5.36. The Bertz CT molecular complexity index is 372. The minimum atomic E-state index is 0.645. The number of thioether (sulfide) groups is 1. The van der Waals surface area contributed by atoms with Crippen molar-refractivity contribution in [2.24, 2.45) is 5.73 Å². The van der Waals surface area contributed by atoms with E-state index in [2.05, 4.69) is 15.3 Å². The summed E-state index contributed by atoms with van der Waals surface area (Å²) in [6.45, 7) is 1.47. The van der Waals surface area contributed by atoms with Crippen LogP contribution in [0.25, 0.3) is 0 Å². The maximum atomic E-state index is 5.43. The van der Waals surface area contributed by atoms with Gasteiger partial charge in [-0.2, -0.15) is 16.7 Å². The third-order valence-corrected chi connectivity index (χ3v) is 3.37. The number of hydrogen-bond acceptors (Lipinski definition) is 6. The van der Waals surface area contributed by atoms with Crippen LogP contribution >= 0.6 is 11.8 Å². The van der Waals surface area contributed by atoms with E-state index in [1.165, 1.54) is 0 Å². The molecule has 0 aromatic carbocycles. The summed E-state index contributed by atoms with van der Waals surface area (Å²) in [4.78, 5) is 8.81. The van der Waals surface area contributed by atoms with Crippen LogP contribution in [0.1, 0.15) is 17.7 Å². The highest BCUT2D eigenvalue weighted by atomic mass is 32.2. The molecule has 6 heteroatoms. The highest BCUT2D eigenvalue weighted by Gasteiger charge is 2.20. The number of aromatic nitrogens is 2. The molecule has 0 saturated heterocycles. The summed E-state index contributed by atoms with van der Waals surface area (Å²) >= 11 is 1.84. The number of anilines is 1. The van der Waals surface area contributed by atoms with Crippen LogP contribution in [0.3, 0.4) is 0 Å². The molecule has 88 valence electrons. The van der Waals surface area contributed by atoms with Gasteiger partial charge in [0.2, 0.25) is 11.8 Å². The zero-order chi connectivity index (χ0) is 11.4. The van der Waals surface area contributed by atoms with Gasteiger partial charge in [-0.25, -0.2) is 4.98 Å². The van der Waals surface area contributed by atoms with Crippen molar-refractivity contribution in [3.05, 3.63) is 11.3 Å². The van der Waals surface area contributed by atoms with Gasteiger partial charge in [0, 0.05) is 23.6 Å². The number of nitrogens with zero attached hydrogens (tertiary/aromatic N) is 2. The first-order valence-electron chi connectivity index (χ1n) is 5.30. The number of nitrogens with one attached hydrogen (secondary N) is 1.